The molecule has 0 radical (unpaired) electrons. The van der Waals surface area contributed by atoms with E-state index in [1.807, 2.05) is 12.1 Å². The number of nitrogens with zero attached hydrogens (tertiary/aromatic N) is 1. The van der Waals surface area contributed by atoms with Gasteiger partial charge in [0.25, 0.3) is 0 Å². The van der Waals surface area contributed by atoms with Gasteiger partial charge in [-0.3, -0.25) is 0 Å². The molecule has 2 heterocycles. The maximum absolute atomic E-state index is 5.80. The first-order valence-corrected chi connectivity index (χ1v) is 9.08. The Bertz CT molecular complexity index is 843. The van der Waals surface area contributed by atoms with Crippen molar-refractivity contribution in [2.45, 2.75) is 44.6 Å². The molecule has 0 saturated heterocycles. The molecule has 0 fully saturated rings. The average molecular weight is 335 g/mol. The molecule has 128 valence electrons. The minimum atomic E-state index is 0.124. The SMILES string of the molecule is c1cc2c(cc1CC1CCC(c3ccc4c(c3)CCC4)=NO1)OCO2. The van der Waals surface area contributed by atoms with Crippen molar-refractivity contribution < 1.29 is 14.3 Å². The monoisotopic (exact) mass is 335 g/mol. The third kappa shape index (κ3) is 2.86. The molecule has 1 atom stereocenters. The summed E-state index contributed by atoms with van der Waals surface area (Å²) in [6, 6.07) is 12.9. The number of ether oxygens (including phenoxy) is 2. The molecule has 0 amide bonds. The lowest BCUT2D eigenvalue weighted by Crippen LogP contribution is -2.21. The smallest absolute Gasteiger partial charge is 0.231 e. The lowest BCUT2D eigenvalue weighted by Gasteiger charge is -2.21. The maximum atomic E-state index is 5.80. The average Bonchev–Trinajstić information content (AvgIpc) is 3.30. The highest BCUT2D eigenvalue weighted by Crippen LogP contribution is 2.33. The normalized spacial score (nSPS) is 20.8. The molecule has 0 spiro atoms. The minimum absolute atomic E-state index is 0.124. The van der Waals surface area contributed by atoms with Gasteiger partial charge >= 0.3 is 0 Å². The molecule has 5 rings (SSSR count). The molecule has 1 unspecified atom stereocenters. The van der Waals surface area contributed by atoms with Crippen LogP contribution >= 0.6 is 0 Å². The van der Waals surface area contributed by atoms with E-state index >= 15 is 0 Å². The summed E-state index contributed by atoms with van der Waals surface area (Å²) in [7, 11) is 0. The Morgan fingerprint density at radius 3 is 2.76 bits per heavy atom. The van der Waals surface area contributed by atoms with Gasteiger partial charge in [-0.15, -0.1) is 0 Å². The maximum Gasteiger partial charge on any atom is 0.231 e. The van der Waals surface area contributed by atoms with Gasteiger partial charge in [-0.05, 0) is 72.6 Å². The van der Waals surface area contributed by atoms with Crippen LogP contribution in [0, 0.1) is 0 Å². The van der Waals surface area contributed by atoms with Crippen LogP contribution in [0.5, 0.6) is 11.5 Å². The van der Waals surface area contributed by atoms with Gasteiger partial charge in [0, 0.05) is 6.42 Å². The Morgan fingerprint density at radius 1 is 0.920 bits per heavy atom. The quantitative estimate of drug-likeness (QED) is 0.850. The predicted octanol–water partition coefficient (Wildman–Crippen LogP) is 4.03. The highest BCUT2D eigenvalue weighted by atomic mass is 16.7. The van der Waals surface area contributed by atoms with Gasteiger partial charge < -0.3 is 14.3 Å². The zero-order valence-electron chi connectivity index (χ0n) is 14.2. The van der Waals surface area contributed by atoms with Crippen molar-refractivity contribution in [3.8, 4) is 11.5 Å². The van der Waals surface area contributed by atoms with E-state index in [4.69, 9.17) is 14.3 Å². The van der Waals surface area contributed by atoms with Crippen LogP contribution in [0.15, 0.2) is 41.6 Å². The first-order chi connectivity index (χ1) is 12.3. The second kappa shape index (κ2) is 6.10. The van der Waals surface area contributed by atoms with Crippen molar-refractivity contribution in [3.05, 3.63) is 58.7 Å². The van der Waals surface area contributed by atoms with E-state index in [0.29, 0.717) is 6.79 Å². The summed E-state index contributed by atoms with van der Waals surface area (Å²) in [6.07, 6.45) is 6.62. The molecule has 25 heavy (non-hydrogen) atoms. The van der Waals surface area contributed by atoms with Crippen LogP contribution in [0.2, 0.25) is 0 Å². The number of oxime groups is 1. The fourth-order valence-electron chi connectivity index (χ4n) is 3.95. The van der Waals surface area contributed by atoms with E-state index in [1.165, 1.54) is 41.5 Å². The van der Waals surface area contributed by atoms with Gasteiger partial charge in [0.05, 0.1) is 5.71 Å². The van der Waals surface area contributed by atoms with Crippen LogP contribution in [0.1, 0.15) is 41.5 Å². The standard InChI is InChI=1S/C21H21NO3/c1-2-15-5-6-17(12-16(15)3-1)19-8-7-18(25-22-19)10-14-4-9-20-21(11-14)24-13-23-20/h4-6,9,11-12,18H,1-3,7-8,10,13H2. The van der Waals surface area contributed by atoms with E-state index < -0.39 is 0 Å². The van der Waals surface area contributed by atoms with Gasteiger partial charge in [-0.1, -0.05) is 23.4 Å². The lowest BCUT2D eigenvalue weighted by molar-refractivity contribution is 0.0443. The summed E-state index contributed by atoms with van der Waals surface area (Å²) in [5.41, 5.74) is 6.49. The van der Waals surface area contributed by atoms with Crippen molar-refractivity contribution in [2.75, 3.05) is 6.79 Å². The zero-order chi connectivity index (χ0) is 16.6. The van der Waals surface area contributed by atoms with Crippen LogP contribution < -0.4 is 9.47 Å². The second-order valence-electron chi connectivity index (χ2n) is 7.03. The van der Waals surface area contributed by atoms with Gasteiger partial charge in [0.2, 0.25) is 6.79 Å². The van der Waals surface area contributed by atoms with Gasteiger partial charge in [-0.25, -0.2) is 0 Å². The van der Waals surface area contributed by atoms with Gasteiger partial charge in [0.15, 0.2) is 11.5 Å². The molecule has 3 aliphatic rings. The Morgan fingerprint density at radius 2 is 1.84 bits per heavy atom. The summed E-state index contributed by atoms with van der Waals surface area (Å²) in [4.78, 5) is 5.80. The second-order valence-corrected chi connectivity index (χ2v) is 7.03. The van der Waals surface area contributed by atoms with Crippen LogP contribution in [0.25, 0.3) is 0 Å². The molecule has 0 saturated carbocycles. The molecule has 0 bridgehead atoms. The number of rotatable bonds is 3. The van der Waals surface area contributed by atoms with Crippen LogP contribution in [-0.2, 0) is 24.1 Å². The van der Waals surface area contributed by atoms with Crippen LogP contribution in [0.4, 0.5) is 0 Å². The third-order valence-corrected chi connectivity index (χ3v) is 5.35. The Labute approximate surface area is 147 Å². The zero-order valence-corrected chi connectivity index (χ0v) is 14.2. The number of hydrogen-bond acceptors (Lipinski definition) is 4. The number of benzene rings is 2. The third-order valence-electron chi connectivity index (χ3n) is 5.35. The van der Waals surface area contributed by atoms with Crippen molar-refractivity contribution in [2.24, 2.45) is 5.16 Å². The summed E-state index contributed by atoms with van der Waals surface area (Å²) in [6.45, 7) is 0.313. The van der Waals surface area contributed by atoms with E-state index in [-0.39, 0.29) is 6.10 Å². The predicted molar refractivity (Wildman–Crippen MR) is 95.4 cm³/mol. The fraction of sp³-hybridized carbons (Fsp3) is 0.381. The number of fused-ring (bicyclic) bond motifs is 2. The van der Waals surface area contributed by atoms with E-state index in [2.05, 4.69) is 29.4 Å². The first kappa shape index (κ1) is 14.8. The minimum Gasteiger partial charge on any atom is -0.454 e. The van der Waals surface area contributed by atoms with E-state index in [1.54, 1.807) is 0 Å². The Hall–Kier alpha value is -2.49. The Balaban J connectivity index is 1.27. The molecule has 1 aliphatic carbocycles. The van der Waals surface area contributed by atoms with Crippen molar-refractivity contribution in [3.63, 3.8) is 0 Å². The molecule has 2 aliphatic heterocycles. The molecule has 0 aromatic heterocycles. The van der Waals surface area contributed by atoms with Crippen LogP contribution in [-0.4, -0.2) is 18.6 Å². The molecular weight excluding hydrogens is 314 g/mol. The summed E-state index contributed by atoms with van der Waals surface area (Å²) in [5.74, 6) is 1.65. The van der Waals surface area contributed by atoms with Crippen molar-refractivity contribution >= 4 is 5.71 Å². The molecule has 2 aromatic rings. The number of hydrogen-bond donors (Lipinski definition) is 0. The lowest BCUT2D eigenvalue weighted by atomic mass is 9.97. The van der Waals surface area contributed by atoms with Crippen LogP contribution in [0.3, 0.4) is 0 Å². The molecule has 4 nitrogen and oxygen atoms in total. The summed E-state index contributed by atoms with van der Waals surface area (Å²) >= 11 is 0. The van der Waals surface area contributed by atoms with E-state index in [9.17, 15) is 0 Å². The summed E-state index contributed by atoms with van der Waals surface area (Å²) < 4.78 is 10.8. The highest BCUT2D eigenvalue weighted by Gasteiger charge is 2.22. The fourth-order valence-corrected chi connectivity index (χ4v) is 3.95. The topological polar surface area (TPSA) is 40.0 Å². The summed E-state index contributed by atoms with van der Waals surface area (Å²) in [5, 5.41) is 4.44. The Kier molecular flexibility index (Phi) is 3.62. The van der Waals surface area contributed by atoms with E-state index in [0.717, 1.165) is 36.5 Å². The molecular formula is C21H21NO3. The first-order valence-electron chi connectivity index (χ1n) is 9.08. The molecule has 4 heteroatoms. The molecule has 2 aromatic carbocycles. The largest absolute Gasteiger partial charge is 0.454 e. The van der Waals surface area contributed by atoms with Gasteiger partial charge in [0.1, 0.15) is 6.10 Å². The highest BCUT2D eigenvalue weighted by molar-refractivity contribution is 6.00. The van der Waals surface area contributed by atoms with Crippen molar-refractivity contribution in [1.82, 2.24) is 0 Å². The molecule has 0 N–H and O–H groups in total. The van der Waals surface area contributed by atoms with Crippen molar-refractivity contribution in [1.29, 1.82) is 0 Å². The number of aryl methyl sites for hydroxylation is 2. The van der Waals surface area contributed by atoms with Gasteiger partial charge in [-0.2, -0.15) is 0 Å².